The maximum absolute atomic E-state index is 6.57. The van der Waals surface area contributed by atoms with Gasteiger partial charge in [0.15, 0.2) is 0 Å². The molecule has 2 N–H and O–H groups in total. The van der Waals surface area contributed by atoms with Gasteiger partial charge in [0.2, 0.25) is 0 Å². The van der Waals surface area contributed by atoms with Crippen LogP contribution in [0.1, 0.15) is 79.1 Å². The third-order valence-corrected chi connectivity index (χ3v) is 5.82. The maximum Gasteiger partial charge on any atom is 0.0594 e. The standard InChI is InChI=1S/C26H43ClN2/c1-5-13-22(7-3)15-10-9-11-16-23(14-6-2)21-29-26(25(27)8-4)24-17-12-19-28-20-18-24/h8,10-11,14-16,22,28-29H,5-7,9,12-13,17-21H2,1-4H3/b15-10-,16-11-,23-14+,25-8+,26-24-. The lowest BCUT2D eigenvalue weighted by molar-refractivity contribution is 0.562. The smallest absolute Gasteiger partial charge is 0.0594 e. The van der Waals surface area contributed by atoms with E-state index in [0.29, 0.717) is 0 Å². The van der Waals surface area contributed by atoms with Gasteiger partial charge >= 0.3 is 0 Å². The van der Waals surface area contributed by atoms with Crippen molar-refractivity contribution in [3.8, 4) is 0 Å². The summed E-state index contributed by atoms with van der Waals surface area (Å²) in [6, 6.07) is 0. The molecule has 1 unspecified atom stereocenters. The largest absolute Gasteiger partial charge is 0.380 e. The molecule has 29 heavy (non-hydrogen) atoms. The van der Waals surface area contributed by atoms with E-state index in [1.165, 1.54) is 36.8 Å². The molecule has 164 valence electrons. The molecule has 1 fully saturated rings. The third kappa shape index (κ3) is 10.9. The zero-order valence-corrected chi connectivity index (χ0v) is 20.0. The average Bonchev–Trinajstić information content (AvgIpc) is 3.01. The molecule has 0 spiro atoms. The summed E-state index contributed by atoms with van der Waals surface area (Å²) >= 11 is 6.57. The van der Waals surface area contributed by atoms with Crippen LogP contribution in [-0.2, 0) is 0 Å². The number of nitrogens with one attached hydrogen (secondary N) is 2. The van der Waals surface area contributed by atoms with Gasteiger partial charge in [0.05, 0.1) is 10.7 Å². The highest BCUT2D eigenvalue weighted by Gasteiger charge is 2.12. The summed E-state index contributed by atoms with van der Waals surface area (Å²) in [5, 5.41) is 7.97. The predicted molar refractivity (Wildman–Crippen MR) is 131 cm³/mol. The van der Waals surface area contributed by atoms with E-state index in [1.54, 1.807) is 0 Å². The summed E-state index contributed by atoms with van der Waals surface area (Å²) < 4.78 is 0. The molecule has 0 radical (unpaired) electrons. The zero-order chi connectivity index (χ0) is 21.3. The van der Waals surface area contributed by atoms with Crippen molar-refractivity contribution in [2.45, 2.75) is 79.1 Å². The Labute approximate surface area is 185 Å². The van der Waals surface area contributed by atoms with Gasteiger partial charge in [0.25, 0.3) is 0 Å². The lowest BCUT2D eigenvalue weighted by Crippen LogP contribution is -2.19. The fraction of sp³-hybridized carbons (Fsp3) is 0.615. The van der Waals surface area contributed by atoms with Crippen molar-refractivity contribution in [2.24, 2.45) is 5.92 Å². The van der Waals surface area contributed by atoms with Gasteiger partial charge in [-0.3, -0.25) is 0 Å². The molecule has 2 nitrogen and oxygen atoms in total. The highest BCUT2D eigenvalue weighted by molar-refractivity contribution is 6.31. The molecular formula is C26H43ClN2. The van der Waals surface area contributed by atoms with Gasteiger partial charge in [0.1, 0.15) is 0 Å². The fourth-order valence-corrected chi connectivity index (χ4v) is 3.92. The first-order valence-corrected chi connectivity index (χ1v) is 12.0. The summed E-state index contributed by atoms with van der Waals surface area (Å²) in [5.41, 5.74) is 3.91. The van der Waals surface area contributed by atoms with Crippen molar-refractivity contribution in [3.05, 3.63) is 58.3 Å². The predicted octanol–water partition coefficient (Wildman–Crippen LogP) is 7.41. The summed E-state index contributed by atoms with van der Waals surface area (Å²) in [5.74, 6) is 0.729. The van der Waals surface area contributed by atoms with Crippen LogP contribution in [-0.4, -0.2) is 19.6 Å². The third-order valence-electron chi connectivity index (χ3n) is 5.41. The van der Waals surface area contributed by atoms with Crippen LogP contribution in [0, 0.1) is 5.92 Å². The summed E-state index contributed by atoms with van der Waals surface area (Å²) in [4.78, 5) is 0. The maximum atomic E-state index is 6.57. The second kappa shape index (κ2) is 16.5. The Balaban J connectivity index is 2.72. The van der Waals surface area contributed by atoms with Gasteiger partial charge in [-0.2, -0.15) is 0 Å². The Kier molecular flexibility index (Phi) is 14.7. The van der Waals surface area contributed by atoms with Gasteiger partial charge in [-0.15, -0.1) is 0 Å². The van der Waals surface area contributed by atoms with E-state index in [1.807, 2.05) is 13.0 Å². The number of rotatable bonds is 12. The van der Waals surface area contributed by atoms with Crippen molar-refractivity contribution in [1.82, 2.24) is 10.6 Å². The van der Waals surface area contributed by atoms with Crippen molar-refractivity contribution in [2.75, 3.05) is 19.6 Å². The van der Waals surface area contributed by atoms with E-state index in [-0.39, 0.29) is 0 Å². The van der Waals surface area contributed by atoms with Crippen molar-refractivity contribution < 1.29 is 0 Å². The van der Waals surface area contributed by atoms with Crippen LogP contribution in [0.5, 0.6) is 0 Å². The molecule has 1 rings (SSSR count). The molecule has 1 atom stereocenters. The van der Waals surface area contributed by atoms with Crippen LogP contribution in [0.2, 0.25) is 0 Å². The van der Waals surface area contributed by atoms with Gasteiger partial charge in [-0.1, -0.05) is 75.2 Å². The van der Waals surface area contributed by atoms with E-state index in [9.17, 15) is 0 Å². The molecular weight excluding hydrogens is 376 g/mol. The van der Waals surface area contributed by atoms with E-state index < -0.39 is 0 Å². The fourth-order valence-electron chi connectivity index (χ4n) is 3.72. The van der Waals surface area contributed by atoms with Gasteiger partial charge in [-0.25, -0.2) is 0 Å². The monoisotopic (exact) mass is 418 g/mol. The van der Waals surface area contributed by atoms with Crippen molar-refractivity contribution in [1.29, 1.82) is 0 Å². The van der Waals surface area contributed by atoms with Gasteiger partial charge in [0, 0.05) is 6.54 Å². The summed E-state index contributed by atoms with van der Waals surface area (Å²) in [6.07, 6.45) is 22.7. The van der Waals surface area contributed by atoms with E-state index in [2.05, 4.69) is 61.8 Å². The molecule has 1 aliphatic heterocycles. The van der Waals surface area contributed by atoms with Crippen molar-refractivity contribution in [3.63, 3.8) is 0 Å². The molecule has 0 aromatic rings. The summed E-state index contributed by atoms with van der Waals surface area (Å²) in [7, 11) is 0. The normalized spacial score (nSPS) is 19.6. The van der Waals surface area contributed by atoms with Crippen LogP contribution in [0.15, 0.2) is 58.3 Å². The highest BCUT2D eigenvalue weighted by Crippen LogP contribution is 2.23. The quantitative estimate of drug-likeness (QED) is 0.254. The number of hydrogen-bond donors (Lipinski definition) is 2. The molecule has 0 aromatic heterocycles. The van der Waals surface area contributed by atoms with E-state index in [0.717, 1.165) is 62.0 Å². The second-order valence-corrected chi connectivity index (χ2v) is 8.19. The van der Waals surface area contributed by atoms with E-state index >= 15 is 0 Å². The van der Waals surface area contributed by atoms with Crippen LogP contribution in [0.25, 0.3) is 0 Å². The van der Waals surface area contributed by atoms with Gasteiger partial charge < -0.3 is 10.6 Å². The number of halogens is 1. The van der Waals surface area contributed by atoms with Crippen LogP contribution in [0.3, 0.4) is 0 Å². The lowest BCUT2D eigenvalue weighted by atomic mass is 10.00. The molecule has 0 aromatic carbocycles. The molecule has 1 saturated heterocycles. The van der Waals surface area contributed by atoms with Crippen LogP contribution >= 0.6 is 11.6 Å². The number of allylic oxidation sites excluding steroid dienone is 6. The first-order valence-electron chi connectivity index (χ1n) is 11.7. The lowest BCUT2D eigenvalue weighted by Gasteiger charge is -2.16. The highest BCUT2D eigenvalue weighted by atomic mass is 35.5. The second-order valence-electron chi connectivity index (χ2n) is 7.78. The molecule has 0 bridgehead atoms. The molecule has 0 saturated carbocycles. The molecule has 3 heteroatoms. The molecule has 0 amide bonds. The Morgan fingerprint density at radius 1 is 1.17 bits per heavy atom. The molecule has 1 aliphatic rings. The van der Waals surface area contributed by atoms with E-state index in [4.69, 9.17) is 11.6 Å². The minimum absolute atomic E-state index is 0.729. The average molecular weight is 419 g/mol. The minimum Gasteiger partial charge on any atom is -0.380 e. The Hall–Kier alpha value is -1.25. The minimum atomic E-state index is 0.729. The number of hydrogen-bond acceptors (Lipinski definition) is 2. The van der Waals surface area contributed by atoms with Crippen LogP contribution in [0.4, 0.5) is 0 Å². The topological polar surface area (TPSA) is 24.1 Å². The first-order chi connectivity index (χ1) is 14.2. The molecule has 1 heterocycles. The summed E-state index contributed by atoms with van der Waals surface area (Å²) in [6.45, 7) is 11.7. The van der Waals surface area contributed by atoms with Crippen LogP contribution < -0.4 is 10.6 Å². The Morgan fingerprint density at radius 3 is 2.69 bits per heavy atom. The SMILES string of the molecule is C/C=C(Cl)\C(NCC(/C=C\C/C=C\C(CC)CCC)=C/CC)=C1/CCCNCC1. The Bertz CT molecular complexity index is 586. The Morgan fingerprint density at radius 2 is 2.00 bits per heavy atom. The first kappa shape index (κ1) is 25.8. The van der Waals surface area contributed by atoms with Crippen molar-refractivity contribution >= 4 is 11.6 Å². The van der Waals surface area contributed by atoms with Gasteiger partial charge in [-0.05, 0) is 82.0 Å². The zero-order valence-electron chi connectivity index (χ0n) is 19.2. The molecule has 0 aliphatic carbocycles.